The van der Waals surface area contributed by atoms with Crippen LogP contribution in [0.1, 0.15) is 23.8 Å². The van der Waals surface area contributed by atoms with Gasteiger partial charge < -0.3 is 5.73 Å². The molecule has 0 aliphatic rings. The summed E-state index contributed by atoms with van der Waals surface area (Å²) in [5.41, 5.74) is 5.76. The Morgan fingerprint density at radius 1 is 1.82 bits per heavy atom. The van der Waals surface area contributed by atoms with Gasteiger partial charge in [0.2, 0.25) is 0 Å². The van der Waals surface area contributed by atoms with Crippen LogP contribution in [0.5, 0.6) is 0 Å². The molecule has 0 bridgehead atoms. The van der Waals surface area contributed by atoms with E-state index >= 15 is 0 Å². The molecule has 2 N–H and O–H groups in total. The van der Waals surface area contributed by atoms with Crippen molar-refractivity contribution in [1.29, 1.82) is 0 Å². The number of rotatable bonds is 3. The first-order valence-electron chi connectivity index (χ1n) is 3.31. The monoisotopic (exact) mass is 167 g/mol. The minimum atomic E-state index is 0.00560. The molecule has 0 saturated carbocycles. The lowest BCUT2D eigenvalue weighted by Crippen LogP contribution is -2.07. The average Bonchev–Trinajstić information content (AvgIpc) is 2.52. The normalized spacial score (nSPS) is 12.4. The van der Waals surface area contributed by atoms with Crippen LogP contribution in [-0.2, 0) is 0 Å². The Morgan fingerprint density at radius 2 is 2.64 bits per heavy atom. The van der Waals surface area contributed by atoms with Crippen molar-refractivity contribution in [3.63, 3.8) is 0 Å². The molecule has 0 fully saturated rings. The summed E-state index contributed by atoms with van der Waals surface area (Å²) >= 11 is 1.33. The molecule has 11 heavy (non-hydrogen) atoms. The van der Waals surface area contributed by atoms with Crippen molar-refractivity contribution in [3.8, 4) is 12.3 Å². The second-order valence-corrected chi connectivity index (χ2v) is 2.99. The summed E-state index contributed by atoms with van der Waals surface area (Å²) in [5.74, 6) is 2.54. The molecule has 1 aromatic heterocycles. The summed E-state index contributed by atoms with van der Waals surface area (Å²) in [6, 6.07) is 0.00560. The predicted octanol–water partition coefficient (Wildman–Crippen LogP) is 0.951. The molecule has 3 nitrogen and oxygen atoms in total. The van der Waals surface area contributed by atoms with E-state index < -0.39 is 0 Å². The van der Waals surface area contributed by atoms with Crippen molar-refractivity contribution in [3.05, 3.63) is 11.1 Å². The minimum Gasteiger partial charge on any atom is -0.323 e. The second-order valence-electron chi connectivity index (χ2n) is 2.17. The number of terminal acetylenes is 1. The molecule has 0 saturated heterocycles. The van der Waals surface area contributed by atoms with Gasteiger partial charge in [0.1, 0.15) is 0 Å². The van der Waals surface area contributed by atoms with Crippen molar-refractivity contribution < 1.29 is 0 Å². The van der Waals surface area contributed by atoms with Gasteiger partial charge in [-0.25, -0.2) is 0 Å². The molecule has 1 atom stereocenters. The second kappa shape index (κ2) is 4.06. The fourth-order valence-electron chi connectivity index (χ4n) is 0.719. The molecule has 1 aromatic rings. The number of nitrogens with two attached hydrogens (primary N) is 1. The maximum atomic E-state index is 5.76. The van der Waals surface area contributed by atoms with E-state index in [0.29, 0.717) is 6.42 Å². The van der Waals surface area contributed by atoms with Crippen LogP contribution in [0.25, 0.3) is 0 Å². The quantitative estimate of drug-likeness (QED) is 0.682. The van der Waals surface area contributed by atoms with E-state index in [1.54, 1.807) is 6.20 Å². The molecule has 0 aliphatic heterocycles. The zero-order valence-electron chi connectivity index (χ0n) is 6.03. The third-order valence-corrected chi connectivity index (χ3v) is 2.14. The number of hydrogen-bond acceptors (Lipinski definition) is 4. The zero-order chi connectivity index (χ0) is 8.10. The molecule has 0 amide bonds. The van der Waals surface area contributed by atoms with Gasteiger partial charge in [0.25, 0.3) is 0 Å². The summed E-state index contributed by atoms with van der Waals surface area (Å²) in [4.78, 5) is 1.00. The topological polar surface area (TPSA) is 51.8 Å². The Hall–Kier alpha value is -0.920. The van der Waals surface area contributed by atoms with Crippen LogP contribution in [0, 0.1) is 12.3 Å². The summed E-state index contributed by atoms with van der Waals surface area (Å²) < 4.78 is 3.71. The van der Waals surface area contributed by atoms with Gasteiger partial charge in [-0.1, -0.05) is 4.49 Å². The Kier molecular flexibility index (Phi) is 3.02. The van der Waals surface area contributed by atoms with Crippen LogP contribution < -0.4 is 5.73 Å². The number of hydrogen-bond donors (Lipinski definition) is 1. The standard InChI is InChI=1S/C7H9N3S/c1-2-3-4-6(8)7-5-9-10-11-7/h1,5-6H,3-4,8H2. The maximum absolute atomic E-state index is 5.76. The van der Waals surface area contributed by atoms with Crippen LogP contribution in [-0.4, -0.2) is 9.59 Å². The van der Waals surface area contributed by atoms with Crippen LogP contribution in [0.15, 0.2) is 6.20 Å². The van der Waals surface area contributed by atoms with E-state index in [1.165, 1.54) is 11.5 Å². The average molecular weight is 167 g/mol. The van der Waals surface area contributed by atoms with E-state index in [2.05, 4.69) is 15.5 Å². The Bertz CT molecular complexity index is 237. The molecule has 1 rings (SSSR count). The fourth-order valence-corrected chi connectivity index (χ4v) is 1.26. The van der Waals surface area contributed by atoms with Crippen LogP contribution in [0.4, 0.5) is 0 Å². The van der Waals surface area contributed by atoms with Crippen molar-refractivity contribution in [2.45, 2.75) is 18.9 Å². The Balaban J connectivity index is 2.44. The van der Waals surface area contributed by atoms with Gasteiger partial charge in [-0.15, -0.1) is 17.4 Å². The first-order valence-corrected chi connectivity index (χ1v) is 4.08. The van der Waals surface area contributed by atoms with Gasteiger partial charge in [0.05, 0.1) is 11.1 Å². The van der Waals surface area contributed by atoms with Crippen molar-refractivity contribution in [1.82, 2.24) is 9.59 Å². The number of nitrogens with zero attached hydrogens (tertiary/aromatic N) is 2. The lowest BCUT2D eigenvalue weighted by Gasteiger charge is -2.03. The van der Waals surface area contributed by atoms with Crippen molar-refractivity contribution in [2.24, 2.45) is 5.73 Å². The molecular weight excluding hydrogens is 158 g/mol. The summed E-state index contributed by atoms with van der Waals surface area (Å²) in [7, 11) is 0. The van der Waals surface area contributed by atoms with Gasteiger partial charge >= 0.3 is 0 Å². The van der Waals surface area contributed by atoms with Gasteiger partial charge in [-0.3, -0.25) is 0 Å². The highest BCUT2D eigenvalue weighted by Crippen LogP contribution is 2.16. The van der Waals surface area contributed by atoms with E-state index in [0.717, 1.165) is 11.3 Å². The maximum Gasteiger partial charge on any atom is 0.0669 e. The summed E-state index contributed by atoms with van der Waals surface area (Å²) in [5, 5.41) is 3.69. The van der Waals surface area contributed by atoms with Gasteiger partial charge in [0, 0.05) is 12.5 Å². The largest absolute Gasteiger partial charge is 0.323 e. The van der Waals surface area contributed by atoms with Crippen LogP contribution in [0.2, 0.25) is 0 Å². The smallest absolute Gasteiger partial charge is 0.0669 e. The third kappa shape index (κ3) is 2.30. The molecule has 0 radical (unpaired) electrons. The highest BCUT2D eigenvalue weighted by molar-refractivity contribution is 7.05. The Morgan fingerprint density at radius 3 is 3.18 bits per heavy atom. The molecular formula is C7H9N3S. The van der Waals surface area contributed by atoms with Crippen LogP contribution in [0.3, 0.4) is 0 Å². The van der Waals surface area contributed by atoms with E-state index in [9.17, 15) is 0 Å². The third-order valence-electron chi connectivity index (χ3n) is 1.34. The molecule has 58 valence electrons. The highest BCUT2D eigenvalue weighted by atomic mass is 32.1. The van der Waals surface area contributed by atoms with Crippen molar-refractivity contribution >= 4 is 11.5 Å². The van der Waals surface area contributed by atoms with E-state index in [-0.39, 0.29) is 6.04 Å². The lowest BCUT2D eigenvalue weighted by molar-refractivity contribution is 0.678. The van der Waals surface area contributed by atoms with Crippen LogP contribution >= 0.6 is 11.5 Å². The molecule has 1 unspecified atom stereocenters. The first kappa shape index (κ1) is 8.18. The predicted molar refractivity (Wildman–Crippen MR) is 44.9 cm³/mol. The minimum absolute atomic E-state index is 0.00560. The van der Waals surface area contributed by atoms with E-state index in [1.807, 2.05) is 0 Å². The summed E-state index contributed by atoms with van der Waals surface area (Å²) in [6.07, 6.45) is 8.30. The van der Waals surface area contributed by atoms with Gasteiger partial charge in [-0.2, -0.15) is 0 Å². The number of aromatic nitrogens is 2. The SMILES string of the molecule is C#CCCC(N)c1cnns1. The molecule has 0 aromatic carbocycles. The highest BCUT2D eigenvalue weighted by Gasteiger charge is 2.06. The first-order chi connectivity index (χ1) is 5.34. The fraction of sp³-hybridized carbons (Fsp3) is 0.429. The van der Waals surface area contributed by atoms with Gasteiger partial charge in [-0.05, 0) is 18.0 Å². The van der Waals surface area contributed by atoms with E-state index in [4.69, 9.17) is 12.2 Å². The van der Waals surface area contributed by atoms with Crippen molar-refractivity contribution in [2.75, 3.05) is 0 Å². The molecule has 0 spiro atoms. The lowest BCUT2D eigenvalue weighted by atomic mass is 10.1. The molecule has 4 heteroatoms. The molecule has 1 heterocycles. The summed E-state index contributed by atoms with van der Waals surface area (Å²) in [6.45, 7) is 0. The molecule has 0 aliphatic carbocycles. The zero-order valence-corrected chi connectivity index (χ0v) is 6.84. The van der Waals surface area contributed by atoms with Gasteiger partial charge in [0.15, 0.2) is 0 Å². The Labute approximate surface area is 69.8 Å².